The highest BCUT2D eigenvalue weighted by molar-refractivity contribution is 6.08. The van der Waals surface area contributed by atoms with Crippen LogP contribution in [0.25, 0.3) is 32.8 Å². The van der Waals surface area contributed by atoms with Gasteiger partial charge in [-0.3, -0.25) is 0 Å². The molecule has 0 spiro atoms. The zero-order valence-electron chi connectivity index (χ0n) is 17.6. The van der Waals surface area contributed by atoms with Gasteiger partial charge < -0.3 is 9.67 Å². The Morgan fingerprint density at radius 1 is 0.688 bits per heavy atom. The van der Waals surface area contributed by atoms with Gasteiger partial charge in [0.1, 0.15) is 11.6 Å². The zero-order chi connectivity index (χ0) is 21.7. The topological polar surface area (TPSA) is 55.9 Å². The predicted molar refractivity (Wildman–Crippen MR) is 128 cm³/mol. The Hall–Kier alpha value is -3.96. The van der Waals surface area contributed by atoms with Gasteiger partial charge in [0.15, 0.2) is 6.17 Å². The van der Waals surface area contributed by atoms with Crippen LogP contribution in [0.5, 0.6) is 0 Å². The van der Waals surface area contributed by atoms with Crippen molar-refractivity contribution in [1.82, 2.24) is 19.6 Å². The van der Waals surface area contributed by atoms with Gasteiger partial charge in [0.25, 0.3) is 0 Å². The van der Waals surface area contributed by atoms with E-state index in [1.54, 1.807) is 0 Å². The number of aryl methyl sites for hydroxylation is 1. The van der Waals surface area contributed by atoms with Crippen molar-refractivity contribution < 1.29 is 5.11 Å². The fourth-order valence-electron chi connectivity index (χ4n) is 4.64. The quantitative estimate of drug-likeness (QED) is 0.404. The number of rotatable bonds is 4. The average Bonchev–Trinajstić information content (AvgIpc) is 3.40. The molecule has 5 heteroatoms. The highest BCUT2D eigenvalue weighted by Gasteiger charge is 2.30. The number of hydrogen-bond donors (Lipinski definition) is 1. The molecule has 0 saturated carbocycles. The van der Waals surface area contributed by atoms with E-state index in [-0.39, 0.29) is 0 Å². The van der Waals surface area contributed by atoms with Crippen molar-refractivity contribution in [3.8, 4) is 0 Å². The van der Waals surface area contributed by atoms with Crippen molar-refractivity contribution in [1.29, 1.82) is 0 Å². The molecule has 0 saturated heterocycles. The second-order valence-electron chi connectivity index (χ2n) is 8.20. The summed E-state index contributed by atoms with van der Waals surface area (Å²) in [6.07, 6.45) is -1.35. The molecule has 156 valence electrons. The molecular weight excluding hydrogens is 396 g/mol. The second-order valence-corrected chi connectivity index (χ2v) is 8.20. The maximum absolute atomic E-state index is 11.8. The molecule has 4 aromatic carbocycles. The maximum atomic E-state index is 11.8. The first kappa shape index (κ1) is 18.8. The number of para-hydroxylation sites is 3. The van der Waals surface area contributed by atoms with E-state index in [9.17, 15) is 5.11 Å². The molecule has 2 atom stereocenters. The average molecular weight is 419 g/mol. The number of fused-ring (bicyclic) bond motifs is 4. The minimum absolute atomic E-state index is 0.519. The lowest BCUT2D eigenvalue weighted by Crippen LogP contribution is -2.26. The van der Waals surface area contributed by atoms with Gasteiger partial charge in [-0.05, 0) is 36.8 Å². The standard InChI is InChI=1S/C27H22N4O/c1-18-14-16-19(17-15-18)26(32)27(31-25-13-7-4-10-22(25)28-29-31)30-23-11-5-2-8-20(23)21-9-3-6-12-24(21)30/h2-17,26-27,32H,1H3. The van der Waals surface area contributed by atoms with Crippen LogP contribution in [0.3, 0.4) is 0 Å². The van der Waals surface area contributed by atoms with Gasteiger partial charge in [-0.2, -0.15) is 0 Å². The van der Waals surface area contributed by atoms with Crippen LogP contribution in [-0.2, 0) is 0 Å². The first-order valence-corrected chi connectivity index (χ1v) is 10.7. The summed E-state index contributed by atoms with van der Waals surface area (Å²) in [6, 6.07) is 32.5. The molecule has 6 aromatic rings. The summed E-state index contributed by atoms with van der Waals surface area (Å²) in [7, 11) is 0. The van der Waals surface area contributed by atoms with E-state index in [4.69, 9.17) is 0 Å². The molecule has 0 aliphatic rings. The van der Waals surface area contributed by atoms with E-state index in [1.807, 2.05) is 72.3 Å². The highest BCUT2D eigenvalue weighted by atomic mass is 16.3. The summed E-state index contributed by atoms with van der Waals surface area (Å²) in [5, 5.41) is 23.0. The summed E-state index contributed by atoms with van der Waals surface area (Å²) < 4.78 is 4.04. The first-order chi connectivity index (χ1) is 15.7. The maximum Gasteiger partial charge on any atom is 0.160 e. The summed E-state index contributed by atoms with van der Waals surface area (Å²) >= 11 is 0. The number of nitrogens with zero attached hydrogens (tertiary/aromatic N) is 4. The lowest BCUT2D eigenvalue weighted by Gasteiger charge is -2.27. The van der Waals surface area contributed by atoms with Crippen molar-refractivity contribution in [2.75, 3.05) is 0 Å². The Morgan fingerprint density at radius 3 is 1.91 bits per heavy atom. The molecule has 0 radical (unpaired) electrons. The molecule has 0 aliphatic heterocycles. The van der Waals surface area contributed by atoms with Crippen molar-refractivity contribution in [3.63, 3.8) is 0 Å². The van der Waals surface area contributed by atoms with Crippen LogP contribution in [0.1, 0.15) is 23.4 Å². The minimum atomic E-state index is -0.833. The highest BCUT2D eigenvalue weighted by Crippen LogP contribution is 2.38. The number of benzene rings is 4. The van der Waals surface area contributed by atoms with Gasteiger partial charge in [-0.1, -0.05) is 83.6 Å². The smallest absolute Gasteiger partial charge is 0.160 e. The zero-order valence-corrected chi connectivity index (χ0v) is 17.6. The normalized spacial score (nSPS) is 13.7. The summed E-state index contributed by atoms with van der Waals surface area (Å²) in [5.41, 5.74) is 5.76. The largest absolute Gasteiger partial charge is 0.384 e. The molecule has 0 bridgehead atoms. The Bertz CT molecular complexity index is 1510. The molecule has 6 rings (SSSR count). The monoisotopic (exact) mass is 418 g/mol. The summed E-state index contributed by atoms with van der Waals surface area (Å²) in [6.45, 7) is 2.05. The molecule has 2 aromatic heterocycles. The van der Waals surface area contributed by atoms with Gasteiger partial charge in [0, 0.05) is 10.8 Å². The van der Waals surface area contributed by atoms with Crippen LogP contribution in [0, 0.1) is 6.92 Å². The molecule has 32 heavy (non-hydrogen) atoms. The van der Waals surface area contributed by atoms with E-state index in [1.165, 1.54) is 0 Å². The predicted octanol–water partition coefficient (Wildman–Crippen LogP) is 5.63. The van der Waals surface area contributed by atoms with Crippen LogP contribution < -0.4 is 0 Å². The fraction of sp³-hybridized carbons (Fsp3) is 0.111. The lowest BCUT2D eigenvalue weighted by molar-refractivity contribution is 0.0956. The van der Waals surface area contributed by atoms with E-state index < -0.39 is 12.3 Å². The lowest BCUT2D eigenvalue weighted by atomic mass is 10.0. The summed E-state index contributed by atoms with van der Waals surface area (Å²) in [4.78, 5) is 0. The molecule has 0 amide bonds. The SMILES string of the molecule is Cc1ccc(C(O)C(n2nnc3ccccc32)n2c3ccccc3c3ccccc32)cc1. The number of aliphatic hydroxyl groups is 1. The Labute approximate surface area is 185 Å². The van der Waals surface area contributed by atoms with Crippen LogP contribution >= 0.6 is 0 Å². The second kappa shape index (κ2) is 7.32. The van der Waals surface area contributed by atoms with Crippen LogP contribution in [0.4, 0.5) is 0 Å². The number of aromatic nitrogens is 4. The van der Waals surface area contributed by atoms with Crippen molar-refractivity contribution >= 4 is 32.8 Å². The van der Waals surface area contributed by atoms with E-state index in [2.05, 4.69) is 51.3 Å². The Balaban J connectivity index is 1.69. The Kier molecular flexibility index (Phi) is 4.30. The molecule has 0 fully saturated rings. The number of aliphatic hydroxyl groups excluding tert-OH is 1. The third-order valence-corrected chi connectivity index (χ3v) is 6.21. The van der Waals surface area contributed by atoms with Crippen LogP contribution in [0.15, 0.2) is 97.1 Å². The summed E-state index contributed by atoms with van der Waals surface area (Å²) in [5.74, 6) is 0. The minimum Gasteiger partial charge on any atom is -0.384 e. The van der Waals surface area contributed by atoms with E-state index in [0.29, 0.717) is 0 Å². The Morgan fingerprint density at radius 2 is 1.25 bits per heavy atom. The van der Waals surface area contributed by atoms with Gasteiger partial charge in [-0.15, -0.1) is 5.10 Å². The third-order valence-electron chi connectivity index (χ3n) is 6.21. The molecule has 0 aliphatic carbocycles. The number of hydrogen-bond acceptors (Lipinski definition) is 3. The van der Waals surface area contributed by atoms with Gasteiger partial charge in [0.05, 0.1) is 16.6 Å². The van der Waals surface area contributed by atoms with E-state index >= 15 is 0 Å². The van der Waals surface area contributed by atoms with Crippen LogP contribution in [0.2, 0.25) is 0 Å². The molecule has 5 nitrogen and oxygen atoms in total. The van der Waals surface area contributed by atoms with Crippen LogP contribution in [-0.4, -0.2) is 24.7 Å². The van der Waals surface area contributed by atoms with Crippen molar-refractivity contribution in [3.05, 3.63) is 108 Å². The third kappa shape index (κ3) is 2.82. The van der Waals surface area contributed by atoms with Crippen molar-refractivity contribution in [2.45, 2.75) is 19.2 Å². The van der Waals surface area contributed by atoms with Gasteiger partial charge in [-0.25, -0.2) is 4.68 Å². The van der Waals surface area contributed by atoms with Gasteiger partial charge in [0.2, 0.25) is 0 Å². The molecular formula is C27H22N4O. The van der Waals surface area contributed by atoms with Gasteiger partial charge >= 0.3 is 0 Å². The fourth-order valence-corrected chi connectivity index (χ4v) is 4.64. The first-order valence-electron chi connectivity index (χ1n) is 10.7. The molecule has 2 unspecified atom stereocenters. The molecule has 1 N–H and O–H groups in total. The molecule has 2 heterocycles. The van der Waals surface area contributed by atoms with Crippen molar-refractivity contribution in [2.24, 2.45) is 0 Å². The van der Waals surface area contributed by atoms with E-state index in [0.717, 1.165) is 44.0 Å².